The molecular formula is C50H47BN2O2. The fourth-order valence-corrected chi connectivity index (χ4v) is 7.43. The SMILES string of the molecule is CC1(C)OB(c2cc(CCc3cnc(-c4ccccc4)cc3-c3ccccc3)cc(CCc3cnc(-c4ccccc4)cc3-c3ccccc3)c2)OC1(C)C. The molecule has 0 radical (unpaired) electrons. The van der Waals surface area contributed by atoms with E-state index in [1.807, 2.05) is 12.1 Å². The van der Waals surface area contributed by atoms with E-state index < -0.39 is 18.3 Å². The van der Waals surface area contributed by atoms with E-state index in [1.165, 1.54) is 44.5 Å². The summed E-state index contributed by atoms with van der Waals surface area (Å²) in [4.78, 5) is 9.91. The van der Waals surface area contributed by atoms with Crippen LogP contribution in [0, 0.1) is 0 Å². The summed E-state index contributed by atoms with van der Waals surface area (Å²) < 4.78 is 13.2. The van der Waals surface area contributed by atoms with Crippen molar-refractivity contribution in [2.24, 2.45) is 0 Å². The number of nitrogens with zero attached hydrogens (tertiary/aromatic N) is 2. The van der Waals surface area contributed by atoms with Crippen molar-refractivity contribution < 1.29 is 9.31 Å². The maximum absolute atomic E-state index is 6.61. The van der Waals surface area contributed by atoms with Gasteiger partial charge in [0.15, 0.2) is 0 Å². The van der Waals surface area contributed by atoms with Gasteiger partial charge < -0.3 is 9.31 Å². The van der Waals surface area contributed by atoms with Gasteiger partial charge in [0, 0.05) is 23.5 Å². The van der Waals surface area contributed by atoms with E-state index in [2.05, 4.69) is 180 Å². The Morgan fingerprint density at radius 3 is 1.18 bits per heavy atom. The first-order chi connectivity index (χ1) is 26.7. The van der Waals surface area contributed by atoms with Crippen LogP contribution in [0.1, 0.15) is 49.9 Å². The Morgan fingerprint density at radius 2 is 0.800 bits per heavy atom. The van der Waals surface area contributed by atoms with Crippen LogP contribution < -0.4 is 5.46 Å². The van der Waals surface area contributed by atoms with E-state index in [1.54, 1.807) is 0 Å². The van der Waals surface area contributed by atoms with Crippen molar-refractivity contribution in [3.8, 4) is 44.8 Å². The van der Waals surface area contributed by atoms with Gasteiger partial charge in [-0.1, -0.05) is 140 Å². The molecule has 0 unspecified atom stereocenters. The van der Waals surface area contributed by atoms with Gasteiger partial charge in [0.25, 0.3) is 0 Å². The van der Waals surface area contributed by atoms with Crippen LogP contribution >= 0.6 is 0 Å². The zero-order valence-electron chi connectivity index (χ0n) is 32.2. The lowest BCUT2D eigenvalue weighted by atomic mass is 9.76. The first kappa shape index (κ1) is 36.4. The number of pyridine rings is 2. The molecule has 0 amide bonds. The highest BCUT2D eigenvalue weighted by Gasteiger charge is 2.51. The van der Waals surface area contributed by atoms with Crippen molar-refractivity contribution in [3.63, 3.8) is 0 Å². The topological polar surface area (TPSA) is 44.2 Å². The van der Waals surface area contributed by atoms with E-state index >= 15 is 0 Å². The van der Waals surface area contributed by atoms with Crippen LogP contribution in [0.4, 0.5) is 0 Å². The Bertz CT molecular complexity index is 2210. The number of aromatic nitrogens is 2. The van der Waals surface area contributed by atoms with Crippen molar-refractivity contribution in [1.82, 2.24) is 9.97 Å². The summed E-state index contributed by atoms with van der Waals surface area (Å²) in [7, 11) is -0.442. The fourth-order valence-electron chi connectivity index (χ4n) is 7.43. The predicted octanol–water partition coefficient (Wildman–Crippen LogP) is 11.0. The number of aryl methyl sites for hydroxylation is 4. The van der Waals surface area contributed by atoms with E-state index in [0.717, 1.165) is 53.7 Å². The van der Waals surface area contributed by atoms with E-state index in [-0.39, 0.29) is 0 Å². The Labute approximate surface area is 326 Å². The second-order valence-electron chi connectivity index (χ2n) is 15.6. The molecule has 5 heteroatoms. The highest BCUT2D eigenvalue weighted by molar-refractivity contribution is 6.62. The lowest BCUT2D eigenvalue weighted by molar-refractivity contribution is 0.00578. The van der Waals surface area contributed by atoms with E-state index in [4.69, 9.17) is 19.3 Å². The summed E-state index contributed by atoms with van der Waals surface area (Å²) in [5.41, 5.74) is 14.2. The average molecular weight is 719 g/mol. The molecule has 0 bridgehead atoms. The van der Waals surface area contributed by atoms with Crippen molar-refractivity contribution >= 4 is 12.6 Å². The first-order valence-electron chi connectivity index (χ1n) is 19.4. The number of hydrogen-bond acceptors (Lipinski definition) is 4. The van der Waals surface area contributed by atoms with Crippen molar-refractivity contribution in [2.45, 2.75) is 64.6 Å². The molecular weight excluding hydrogens is 671 g/mol. The Hall–Kier alpha value is -5.62. The molecule has 1 saturated heterocycles. The molecule has 0 saturated carbocycles. The summed E-state index contributed by atoms with van der Waals surface area (Å²) in [6.07, 6.45) is 7.55. The smallest absolute Gasteiger partial charge is 0.399 e. The van der Waals surface area contributed by atoms with Gasteiger partial charge in [-0.15, -0.1) is 0 Å². The van der Waals surface area contributed by atoms with Gasteiger partial charge in [0.2, 0.25) is 0 Å². The highest BCUT2D eigenvalue weighted by atomic mass is 16.7. The third-order valence-electron chi connectivity index (χ3n) is 11.2. The largest absolute Gasteiger partial charge is 0.494 e. The molecule has 8 rings (SSSR count). The van der Waals surface area contributed by atoms with Gasteiger partial charge in [-0.25, -0.2) is 0 Å². The van der Waals surface area contributed by atoms with Gasteiger partial charge in [0.05, 0.1) is 22.6 Å². The Morgan fingerprint density at radius 1 is 0.436 bits per heavy atom. The van der Waals surface area contributed by atoms with Crippen molar-refractivity contribution in [3.05, 3.63) is 186 Å². The summed E-state index contributed by atoms with van der Waals surface area (Å²) in [6.45, 7) is 8.47. The summed E-state index contributed by atoms with van der Waals surface area (Å²) in [5, 5.41) is 0. The predicted molar refractivity (Wildman–Crippen MR) is 227 cm³/mol. The molecule has 4 nitrogen and oxygen atoms in total. The number of rotatable bonds is 11. The second kappa shape index (κ2) is 15.6. The normalized spacial score (nSPS) is 14.6. The Kier molecular flexibility index (Phi) is 10.3. The van der Waals surface area contributed by atoms with Crippen LogP contribution in [-0.2, 0) is 35.0 Å². The van der Waals surface area contributed by atoms with Crippen molar-refractivity contribution in [2.75, 3.05) is 0 Å². The van der Waals surface area contributed by atoms with Crippen LogP contribution in [0.25, 0.3) is 44.8 Å². The minimum atomic E-state index is -0.442. The van der Waals surface area contributed by atoms with Gasteiger partial charge in [-0.05, 0) is 115 Å². The molecule has 0 aliphatic carbocycles. The molecule has 5 aromatic carbocycles. The third kappa shape index (κ3) is 8.10. The van der Waals surface area contributed by atoms with Crippen LogP contribution in [-0.4, -0.2) is 28.3 Å². The quantitative estimate of drug-likeness (QED) is 0.125. The molecule has 1 aliphatic heterocycles. The molecule has 1 fully saturated rings. The minimum Gasteiger partial charge on any atom is -0.399 e. The molecule has 1 aliphatic rings. The molecule has 3 heterocycles. The summed E-state index contributed by atoms with van der Waals surface area (Å²) in [6, 6.07) is 53.6. The van der Waals surface area contributed by atoms with Gasteiger partial charge >= 0.3 is 7.12 Å². The lowest BCUT2D eigenvalue weighted by Gasteiger charge is -2.32. The third-order valence-corrected chi connectivity index (χ3v) is 11.2. The lowest BCUT2D eigenvalue weighted by Crippen LogP contribution is -2.41. The summed E-state index contributed by atoms with van der Waals surface area (Å²) in [5.74, 6) is 0. The molecule has 0 N–H and O–H groups in total. The maximum atomic E-state index is 6.61. The molecule has 2 aromatic heterocycles. The molecule has 0 atom stereocenters. The molecule has 272 valence electrons. The van der Waals surface area contributed by atoms with E-state index in [0.29, 0.717) is 0 Å². The standard InChI is InChI=1S/C50H47BN2O2/c1-49(2)50(3,4)55-51(54-49)44-30-36(25-27-42-34-52-47(40-21-13-7-14-22-40)32-45(42)38-17-9-5-10-18-38)29-37(31-44)26-28-43-35-53-48(41-23-15-8-16-24-41)33-46(43)39-19-11-6-12-20-39/h5-24,29-35H,25-28H2,1-4H3. The average Bonchev–Trinajstić information content (AvgIpc) is 3.46. The van der Waals surface area contributed by atoms with Crippen LogP contribution in [0.5, 0.6) is 0 Å². The fraction of sp³-hybridized carbons (Fsp3) is 0.200. The maximum Gasteiger partial charge on any atom is 0.494 e. The first-order valence-corrected chi connectivity index (χ1v) is 19.4. The summed E-state index contributed by atoms with van der Waals surface area (Å²) >= 11 is 0. The molecule has 0 spiro atoms. The second-order valence-corrected chi connectivity index (χ2v) is 15.6. The molecule has 55 heavy (non-hydrogen) atoms. The number of hydrogen-bond donors (Lipinski definition) is 0. The van der Waals surface area contributed by atoms with Crippen molar-refractivity contribution in [1.29, 1.82) is 0 Å². The van der Waals surface area contributed by atoms with Crippen LogP contribution in [0.15, 0.2) is 164 Å². The van der Waals surface area contributed by atoms with Gasteiger partial charge in [-0.3, -0.25) is 9.97 Å². The van der Waals surface area contributed by atoms with Crippen LogP contribution in [0.2, 0.25) is 0 Å². The zero-order chi connectivity index (χ0) is 37.8. The van der Waals surface area contributed by atoms with Crippen LogP contribution in [0.3, 0.4) is 0 Å². The minimum absolute atomic E-state index is 0.429. The highest BCUT2D eigenvalue weighted by Crippen LogP contribution is 2.37. The van der Waals surface area contributed by atoms with Gasteiger partial charge in [-0.2, -0.15) is 0 Å². The monoisotopic (exact) mass is 718 g/mol. The number of benzene rings is 5. The molecule has 7 aromatic rings. The zero-order valence-corrected chi connectivity index (χ0v) is 32.2. The van der Waals surface area contributed by atoms with E-state index in [9.17, 15) is 0 Å². The van der Waals surface area contributed by atoms with Gasteiger partial charge in [0.1, 0.15) is 0 Å². The Balaban J connectivity index is 1.12.